The van der Waals surface area contributed by atoms with Gasteiger partial charge in [-0.25, -0.2) is 0 Å². The standard InChI is InChI=1S/C27H25BrN6O3/c1-16-8-10-18(11-9-16)15-37-22-13-12-19(28)14-20(22)25-24(17(2)29-27-31-32-33-34(25)27)26(35)30-21-6-4-5-7-23(21)36-3/h4-14,25H,15H2,1-3H3,(H,30,35)(H,29,31,33). The van der Waals surface area contributed by atoms with Crippen LogP contribution in [-0.4, -0.2) is 33.2 Å². The van der Waals surface area contributed by atoms with Crippen LogP contribution in [0, 0.1) is 6.92 Å². The number of anilines is 2. The number of aromatic nitrogens is 4. The van der Waals surface area contributed by atoms with Gasteiger partial charge in [0.15, 0.2) is 0 Å². The molecule has 1 aromatic heterocycles. The minimum absolute atomic E-state index is 0.315. The third-order valence-electron chi connectivity index (χ3n) is 6.10. The normalized spacial score (nSPS) is 14.5. The number of tetrazole rings is 1. The van der Waals surface area contributed by atoms with Gasteiger partial charge in [0.2, 0.25) is 5.95 Å². The molecule has 2 N–H and O–H groups in total. The van der Waals surface area contributed by atoms with Crippen LogP contribution in [0.1, 0.15) is 29.7 Å². The van der Waals surface area contributed by atoms with Crippen molar-refractivity contribution in [2.24, 2.45) is 0 Å². The summed E-state index contributed by atoms with van der Waals surface area (Å²) in [5, 5.41) is 18.3. The lowest BCUT2D eigenvalue weighted by molar-refractivity contribution is -0.113. The molecule has 2 heterocycles. The lowest BCUT2D eigenvalue weighted by Gasteiger charge is -2.29. The van der Waals surface area contributed by atoms with E-state index in [1.165, 1.54) is 5.56 Å². The van der Waals surface area contributed by atoms with Crippen LogP contribution in [0.15, 0.2) is 82.5 Å². The van der Waals surface area contributed by atoms with Crippen molar-refractivity contribution in [1.82, 2.24) is 20.2 Å². The topological polar surface area (TPSA) is 103 Å². The summed E-state index contributed by atoms with van der Waals surface area (Å²) < 4.78 is 14.1. The van der Waals surface area contributed by atoms with E-state index >= 15 is 0 Å². The Morgan fingerprint density at radius 2 is 1.86 bits per heavy atom. The number of hydrogen-bond acceptors (Lipinski definition) is 7. The molecule has 0 spiro atoms. The van der Waals surface area contributed by atoms with Crippen molar-refractivity contribution in [2.45, 2.75) is 26.5 Å². The second-order valence-electron chi connectivity index (χ2n) is 8.62. The molecule has 0 aliphatic carbocycles. The highest BCUT2D eigenvalue weighted by molar-refractivity contribution is 9.10. The molecular weight excluding hydrogens is 536 g/mol. The zero-order chi connectivity index (χ0) is 25.9. The Labute approximate surface area is 222 Å². The van der Waals surface area contributed by atoms with Crippen LogP contribution in [0.3, 0.4) is 0 Å². The fourth-order valence-electron chi connectivity index (χ4n) is 4.24. The van der Waals surface area contributed by atoms with Crippen molar-refractivity contribution < 1.29 is 14.3 Å². The van der Waals surface area contributed by atoms with Gasteiger partial charge in [-0.2, -0.15) is 4.68 Å². The number of aryl methyl sites for hydroxylation is 1. The molecule has 188 valence electrons. The second-order valence-corrected chi connectivity index (χ2v) is 9.54. The quantitative estimate of drug-likeness (QED) is 0.317. The van der Waals surface area contributed by atoms with Gasteiger partial charge in [-0.15, -0.1) is 0 Å². The average Bonchev–Trinajstić information content (AvgIpc) is 3.36. The van der Waals surface area contributed by atoms with Gasteiger partial charge in [-0.05, 0) is 60.2 Å². The van der Waals surface area contributed by atoms with Crippen LogP contribution in [0.4, 0.5) is 11.6 Å². The van der Waals surface area contributed by atoms with Gasteiger partial charge in [0.05, 0.1) is 18.4 Å². The summed E-state index contributed by atoms with van der Waals surface area (Å²) >= 11 is 3.58. The highest BCUT2D eigenvalue weighted by Crippen LogP contribution is 2.40. The molecule has 9 nitrogen and oxygen atoms in total. The molecule has 1 amide bonds. The van der Waals surface area contributed by atoms with Gasteiger partial charge in [-0.3, -0.25) is 4.79 Å². The number of para-hydroxylation sites is 2. The van der Waals surface area contributed by atoms with Crippen molar-refractivity contribution in [3.63, 3.8) is 0 Å². The first kappa shape index (κ1) is 24.5. The number of amides is 1. The Morgan fingerprint density at radius 3 is 2.65 bits per heavy atom. The van der Waals surface area contributed by atoms with E-state index in [0.29, 0.717) is 41.0 Å². The number of nitrogens with one attached hydrogen (secondary N) is 2. The van der Waals surface area contributed by atoms with E-state index < -0.39 is 6.04 Å². The highest BCUT2D eigenvalue weighted by Gasteiger charge is 2.36. The first-order valence-corrected chi connectivity index (χ1v) is 12.4. The fourth-order valence-corrected chi connectivity index (χ4v) is 4.62. The van der Waals surface area contributed by atoms with E-state index in [0.717, 1.165) is 15.6 Å². The highest BCUT2D eigenvalue weighted by atomic mass is 79.9. The maximum absolute atomic E-state index is 13.8. The van der Waals surface area contributed by atoms with Crippen molar-refractivity contribution in [2.75, 3.05) is 17.7 Å². The van der Waals surface area contributed by atoms with Crippen LogP contribution in [0.25, 0.3) is 0 Å². The number of halogens is 1. The van der Waals surface area contributed by atoms with Crippen molar-refractivity contribution in [3.05, 3.63) is 99.2 Å². The predicted octanol–water partition coefficient (Wildman–Crippen LogP) is 5.26. The van der Waals surface area contributed by atoms with Crippen molar-refractivity contribution in [1.29, 1.82) is 0 Å². The smallest absolute Gasteiger partial charge is 0.255 e. The zero-order valence-electron chi connectivity index (χ0n) is 20.5. The van der Waals surface area contributed by atoms with Crippen LogP contribution in [-0.2, 0) is 11.4 Å². The molecule has 5 rings (SSSR count). The minimum atomic E-state index is -0.647. The predicted molar refractivity (Wildman–Crippen MR) is 144 cm³/mol. The second kappa shape index (κ2) is 10.4. The minimum Gasteiger partial charge on any atom is -0.495 e. The van der Waals surface area contributed by atoms with Gasteiger partial charge >= 0.3 is 0 Å². The zero-order valence-corrected chi connectivity index (χ0v) is 22.1. The fraction of sp³-hybridized carbons (Fsp3) is 0.185. The summed E-state index contributed by atoms with van der Waals surface area (Å²) in [6.45, 7) is 4.24. The number of fused-ring (bicyclic) bond motifs is 1. The SMILES string of the molecule is COc1ccccc1NC(=O)C1=C(C)Nc2nnnn2C1c1cc(Br)ccc1OCc1ccc(C)cc1. The molecule has 0 saturated carbocycles. The molecule has 0 radical (unpaired) electrons. The largest absolute Gasteiger partial charge is 0.495 e. The van der Waals surface area contributed by atoms with Gasteiger partial charge in [-0.1, -0.05) is 63.0 Å². The summed E-state index contributed by atoms with van der Waals surface area (Å²) in [7, 11) is 1.56. The first-order chi connectivity index (χ1) is 17.9. The molecule has 1 unspecified atom stereocenters. The number of nitrogens with zero attached hydrogens (tertiary/aromatic N) is 4. The van der Waals surface area contributed by atoms with Crippen LogP contribution >= 0.6 is 15.9 Å². The molecule has 0 bridgehead atoms. The van der Waals surface area contributed by atoms with E-state index in [4.69, 9.17) is 9.47 Å². The molecule has 0 fully saturated rings. The Hall–Kier alpha value is -4.18. The third-order valence-corrected chi connectivity index (χ3v) is 6.59. The first-order valence-electron chi connectivity index (χ1n) is 11.6. The van der Waals surface area contributed by atoms with E-state index in [1.807, 2.05) is 68.4 Å². The average molecular weight is 561 g/mol. The molecule has 1 atom stereocenters. The number of methoxy groups -OCH3 is 1. The van der Waals surface area contributed by atoms with Gasteiger partial charge < -0.3 is 20.1 Å². The number of benzene rings is 3. The van der Waals surface area contributed by atoms with Gasteiger partial charge in [0.1, 0.15) is 24.1 Å². The Balaban J connectivity index is 1.55. The Morgan fingerprint density at radius 1 is 1.08 bits per heavy atom. The molecule has 10 heteroatoms. The Bertz CT molecular complexity index is 1480. The monoisotopic (exact) mass is 560 g/mol. The maximum Gasteiger partial charge on any atom is 0.255 e. The summed E-state index contributed by atoms with van der Waals surface area (Å²) in [5.41, 5.74) is 4.59. The maximum atomic E-state index is 13.8. The van der Waals surface area contributed by atoms with Crippen LogP contribution in [0.5, 0.6) is 11.5 Å². The van der Waals surface area contributed by atoms with Gasteiger partial charge in [0.25, 0.3) is 5.91 Å². The molecule has 4 aromatic rings. The van der Waals surface area contributed by atoms with Gasteiger partial charge in [0, 0.05) is 15.7 Å². The van der Waals surface area contributed by atoms with E-state index in [1.54, 1.807) is 23.9 Å². The van der Waals surface area contributed by atoms with Crippen molar-refractivity contribution >= 4 is 33.5 Å². The molecule has 0 saturated heterocycles. The summed E-state index contributed by atoms with van der Waals surface area (Å²) in [5.74, 6) is 1.29. The number of carbonyl (C=O) groups is 1. The third kappa shape index (κ3) is 5.05. The van der Waals surface area contributed by atoms with Crippen LogP contribution < -0.4 is 20.1 Å². The number of allylic oxidation sites excluding steroid dienone is 1. The summed E-state index contributed by atoms with van der Waals surface area (Å²) in [4.78, 5) is 13.8. The number of ether oxygens (including phenoxy) is 2. The van der Waals surface area contributed by atoms with Crippen LogP contribution in [0.2, 0.25) is 0 Å². The molecule has 3 aromatic carbocycles. The van der Waals surface area contributed by atoms with E-state index in [-0.39, 0.29) is 5.91 Å². The number of hydrogen-bond donors (Lipinski definition) is 2. The molecule has 1 aliphatic heterocycles. The van der Waals surface area contributed by atoms with Crippen molar-refractivity contribution in [3.8, 4) is 11.5 Å². The summed E-state index contributed by atoms with van der Waals surface area (Å²) in [6.07, 6.45) is 0. The molecule has 37 heavy (non-hydrogen) atoms. The number of carbonyl (C=O) groups excluding carboxylic acids is 1. The number of rotatable bonds is 7. The molecule has 1 aliphatic rings. The lowest BCUT2D eigenvalue weighted by atomic mass is 9.94. The lowest BCUT2D eigenvalue weighted by Crippen LogP contribution is -2.32. The Kier molecular flexibility index (Phi) is 6.91. The molecular formula is C27H25BrN6O3. The summed E-state index contributed by atoms with van der Waals surface area (Å²) in [6, 6.07) is 20.5. The van der Waals surface area contributed by atoms with E-state index in [9.17, 15) is 4.79 Å². The van der Waals surface area contributed by atoms with E-state index in [2.05, 4.69) is 42.1 Å².